The summed E-state index contributed by atoms with van der Waals surface area (Å²) in [5.74, 6) is 2.77. The van der Waals surface area contributed by atoms with Gasteiger partial charge in [0.15, 0.2) is 5.82 Å². The molecule has 0 unspecified atom stereocenters. The van der Waals surface area contributed by atoms with Gasteiger partial charge in [-0.05, 0) is 68.5 Å². The summed E-state index contributed by atoms with van der Waals surface area (Å²) in [6, 6.07) is 17.4. The number of benzene rings is 2. The zero-order valence-electron chi connectivity index (χ0n) is 16.3. The number of para-hydroxylation sites is 1. The number of aromatic nitrogens is 3. The van der Waals surface area contributed by atoms with E-state index in [1.165, 1.54) is 25.7 Å². The molecule has 1 aliphatic carbocycles. The first-order chi connectivity index (χ1) is 14.3. The first kappa shape index (κ1) is 18.9. The Bertz CT molecular complexity index is 941. The highest BCUT2D eigenvalue weighted by molar-refractivity contribution is 5.55. The van der Waals surface area contributed by atoms with E-state index in [0.29, 0.717) is 5.95 Å². The summed E-state index contributed by atoms with van der Waals surface area (Å²) in [6.45, 7) is 0.857. The van der Waals surface area contributed by atoms with E-state index in [-0.39, 0.29) is 0 Å². The second-order valence-electron chi connectivity index (χ2n) is 7.01. The van der Waals surface area contributed by atoms with Gasteiger partial charge in [0, 0.05) is 12.2 Å². The molecule has 0 saturated carbocycles. The Labute approximate surface area is 171 Å². The van der Waals surface area contributed by atoms with Gasteiger partial charge in [-0.2, -0.15) is 10.1 Å². The fourth-order valence-corrected chi connectivity index (χ4v) is 3.28. The molecule has 0 spiro atoms. The molecule has 3 aromatic rings. The number of ether oxygens (including phenoxy) is 1. The van der Waals surface area contributed by atoms with Crippen molar-refractivity contribution < 1.29 is 4.74 Å². The molecule has 0 amide bonds. The van der Waals surface area contributed by atoms with Crippen molar-refractivity contribution in [2.45, 2.75) is 32.1 Å². The maximum atomic E-state index is 5.81. The van der Waals surface area contributed by atoms with E-state index in [1.54, 1.807) is 11.8 Å². The predicted molar refractivity (Wildman–Crippen MR) is 116 cm³/mol. The van der Waals surface area contributed by atoms with Crippen LogP contribution in [0.5, 0.6) is 11.5 Å². The number of nitrogens with zero attached hydrogens (tertiary/aromatic N) is 3. The maximum Gasteiger partial charge on any atom is 0.249 e. The third-order valence-corrected chi connectivity index (χ3v) is 4.79. The summed E-state index contributed by atoms with van der Waals surface area (Å²) in [4.78, 5) is 4.49. The van der Waals surface area contributed by atoms with Crippen LogP contribution in [0.25, 0.3) is 0 Å². The van der Waals surface area contributed by atoms with Gasteiger partial charge < -0.3 is 15.4 Å². The first-order valence-electron chi connectivity index (χ1n) is 10.1. The molecule has 2 aromatic carbocycles. The summed E-state index contributed by atoms with van der Waals surface area (Å²) in [5, 5.41) is 14.6. The van der Waals surface area contributed by atoms with Crippen LogP contribution in [-0.4, -0.2) is 21.7 Å². The highest BCUT2D eigenvalue weighted by Gasteiger charge is 2.05. The average Bonchev–Trinajstić information content (AvgIpc) is 2.77. The summed E-state index contributed by atoms with van der Waals surface area (Å²) < 4.78 is 5.81. The van der Waals surface area contributed by atoms with Crippen molar-refractivity contribution in [3.63, 3.8) is 0 Å². The molecule has 1 heterocycles. The van der Waals surface area contributed by atoms with Gasteiger partial charge in [-0.1, -0.05) is 29.8 Å². The van der Waals surface area contributed by atoms with Crippen LogP contribution in [0.1, 0.15) is 32.1 Å². The molecule has 0 fully saturated rings. The van der Waals surface area contributed by atoms with E-state index in [9.17, 15) is 0 Å². The van der Waals surface area contributed by atoms with E-state index < -0.39 is 0 Å². The normalized spacial score (nSPS) is 13.4. The summed E-state index contributed by atoms with van der Waals surface area (Å²) in [5.41, 5.74) is 2.42. The smallest absolute Gasteiger partial charge is 0.249 e. The first-order valence-corrected chi connectivity index (χ1v) is 10.1. The average molecular weight is 387 g/mol. The molecule has 1 aliphatic rings. The zero-order chi connectivity index (χ0) is 19.7. The highest BCUT2D eigenvalue weighted by atomic mass is 16.5. The molecule has 148 valence electrons. The predicted octanol–water partition coefficient (Wildman–Crippen LogP) is 5.71. The molecule has 2 N–H and O–H groups in total. The van der Waals surface area contributed by atoms with Crippen LogP contribution in [0.3, 0.4) is 0 Å². The zero-order valence-corrected chi connectivity index (χ0v) is 16.3. The molecule has 0 radical (unpaired) electrons. The van der Waals surface area contributed by atoms with E-state index in [4.69, 9.17) is 4.74 Å². The SMILES string of the molecule is C1=C(CCNc2cnnc(Nc3ccc(Oc4ccccc4)cc3)n2)CCCC1. The van der Waals surface area contributed by atoms with Crippen LogP contribution >= 0.6 is 0 Å². The minimum absolute atomic E-state index is 0.462. The number of nitrogens with one attached hydrogen (secondary N) is 2. The minimum Gasteiger partial charge on any atom is -0.457 e. The van der Waals surface area contributed by atoms with Gasteiger partial charge in [-0.25, -0.2) is 0 Å². The van der Waals surface area contributed by atoms with E-state index in [1.807, 2.05) is 54.6 Å². The van der Waals surface area contributed by atoms with Crippen molar-refractivity contribution in [2.24, 2.45) is 0 Å². The molecule has 0 aliphatic heterocycles. The highest BCUT2D eigenvalue weighted by Crippen LogP contribution is 2.24. The van der Waals surface area contributed by atoms with Crippen LogP contribution in [-0.2, 0) is 0 Å². The van der Waals surface area contributed by atoms with Crippen molar-refractivity contribution >= 4 is 17.5 Å². The standard InChI is InChI=1S/C23H25N5O/c1-3-7-18(8-4-1)15-16-24-22-17-25-28-23(27-22)26-19-11-13-21(14-12-19)29-20-9-5-2-6-10-20/h2,5-7,9-14,17H,1,3-4,8,15-16H2,(H2,24,26,27,28). The lowest BCUT2D eigenvalue weighted by atomic mass is 9.97. The summed E-state index contributed by atoms with van der Waals surface area (Å²) >= 11 is 0. The lowest BCUT2D eigenvalue weighted by Crippen LogP contribution is -2.08. The number of hydrogen-bond acceptors (Lipinski definition) is 6. The summed E-state index contributed by atoms with van der Waals surface area (Å²) in [7, 11) is 0. The largest absolute Gasteiger partial charge is 0.457 e. The third-order valence-electron chi connectivity index (χ3n) is 4.79. The molecule has 1 aromatic heterocycles. The second kappa shape index (κ2) is 9.68. The monoisotopic (exact) mass is 387 g/mol. The molecule has 0 atom stereocenters. The molecule has 0 bridgehead atoms. The molecule has 6 heteroatoms. The van der Waals surface area contributed by atoms with Crippen LogP contribution in [0.2, 0.25) is 0 Å². The summed E-state index contributed by atoms with van der Waals surface area (Å²) in [6.07, 6.45) is 10.1. The van der Waals surface area contributed by atoms with Gasteiger partial charge in [0.25, 0.3) is 0 Å². The van der Waals surface area contributed by atoms with E-state index >= 15 is 0 Å². The van der Waals surface area contributed by atoms with Gasteiger partial charge >= 0.3 is 0 Å². The quantitative estimate of drug-likeness (QED) is 0.482. The Hall–Kier alpha value is -3.41. The fourth-order valence-electron chi connectivity index (χ4n) is 3.28. The Morgan fingerprint density at radius 3 is 2.55 bits per heavy atom. The number of hydrogen-bond donors (Lipinski definition) is 2. The Balaban J connectivity index is 1.31. The molecule has 0 saturated heterocycles. The Morgan fingerprint density at radius 1 is 0.931 bits per heavy atom. The molecular formula is C23H25N5O. The van der Waals surface area contributed by atoms with Gasteiger partial charge in [-0.3, -0.25) is 0 Å². The lowest BCUT2D eigenvalue weighted by Gasteiger charge is -2.13. The van der Waals surface area contributed by atoms with E-state index in [2.05, 4.69) is 31.9 Å². The third kappa shape index (κ3) is 5.78. The lowest BCUT2D eigenvalue weighted by molar-refractivity contribution is 0.483. The Morgan fingerprint density at radius 2 is 1.76 bits per heavy atom. The molecular weight excluding hydrogens is 362 g/mol. The van der Waals surface area contributed by atoms with Crippen LogP contribution < -0.4 is 15.4 Å². The fraction of sp³-hybridized carbons (Fsp3) is 0.261. The van der Waals surface area contributed by atoms with Crippen molar-refractivity contribution in [1.82, 2.24) is 15.2 Å². The van der Waals surface area contributed by atoms with Gasteiger partial charge in [0.05, 0.1) is 6.20 Å². The Kier molecular flexibility index (Phi) is 6.32. The van der Waals surface area contributed by atoms with Gasteiger partial charge in [-0.15, -0.1) is 5.10 Å². The van der Waals surface area contributed by atoms with Crippen LogP contribution in [0.15, 0.2) is 72.4 Å². The number of rotatable bonds is 8. The van der Waals surface area contributed by atoms with Gasteiger partial charge in [0.2, 0.25) is 5.95 Å². The van der Waals surface area contributed by atoms with Gasteiger partial charge in [0.1, 0.15) is 11.5 Å². The molecule has 6 nitrogen and oxygen atoms in total. The number of anilines is 3. The molecule has 29 heavy (non-hydrogen) atoms. The van der Waals surface area contributed by atoms with Crippen LogP contribution in [0.4, 0.5) is 17.5 Å². The maximum absolute atomic E-state index is 5.81. The molecule has 4 rings (SSSR count). The van der Waals surface area contributed by atoms with Crippen molar-refractivity contribution in [3.05, 3.63) is 72.4 Å². The minimum atomic E-state index is 0.462. The van der Waals surface area contributed by atoms with Crippen molar-refractivity contribution in [2.75, 3.05) is 17.2 Å². The van der Waals surface area contributed by atoms with E-state index in [0.717, 1.165) is 36.0 Å². The van der Waals surface area contributed by atoms with Crippen LogP contribution in [0, 0.1) is 0 Å². The van der Waals surface area contributed by atoms with Crippen molar-refractivity contribution in [3.8, 4) is 11.5 Å². The number of allylic oxidation sites excluding steroid dienone is 1. The topological polar surface area (TPSA) is 72.0 Å². The second-order valence-corrected chi connectivity index (χ2v) is 7.01. The van der Waals surface area contributed by atoms with Crippen molar-refractivity contribution in [1.29, 1.82) is 0 Å².